The number of rotatable bonds is 10. The molecule has 0 saturated carbocycles. The van der Waals surface area contributed by atoms with Crippen molar-refractivity contribution in [1.29, 1.82) is 0 Å². The highest BCUT2D eigenvalue weighted by molar-refractivity contribution is 14.0. The summed E-state index contributed by atoms with van der Waals surface area (Å²) < 4.78 is 5.55. The van der Waals surface area contributed by atoms with E-state index in [1.807, 2.05) is 7.05 Å². The van der Waals surface area contributed by atoms with E-state index in [0.717, 1.165) is 57.6 Å². The minimum absolute atomic E-state index is 0. The molecule has 0 aliphatic carbocycles. The summed E-state index contributed by atoms with van der Waals surface area (Å²) >= 11 is 0. The van der Waals surface area contributed by atoms with E-state index in [4.69, 9.17) is 4.74 Å². The van der Waals surface area contributed by atoms with Crippen molar-refractivity contribution in [3.8, 4) is 0 Å². The minimum Gasteiger partial charge on any atom is -0.381 e. The van der Waals surface area contributed by atoms with E-state index < -0.39 is 0 Å². The SMILES string of the molecule is CCCCOCCCNC(=NC)NCCN1CCCC(C)C1.I. The largest absolute Gasteiger partial charge is 0.381 e. The Kier molecular flexibility index (Phi) is 15.4. The summed E-state index contributed by atoms with van der Waals surface area (Å²) in [6.07, 6.45) is 6.10. The van der Waals surface area contributed by atoms with Crippen LogP contribution in [0.2, 0.25) is 0 Å². The quantitative estimate of drug-likeness (QED) is 0.237. The van der Waals surface area contributed by atoms with E-state index in [9.17, 15) is 0 Å². The van der Waals surface area contributed by atoms with Gasteiger partial charge in [-0.15, -0.1) is 24.0 Å². The maximum atomic E-state index is 5.55. The number of aliphatic imine (C=N–C) groups is 1. The van der Waals surface area contributed by atoms with Gasteiger partial charge >= 0.3 is 0 Å². The molecule has 23 heavy (non-hydrogen) atoms. The molecule has 0 aromatic heterocycles. The van der Waals surface area contributed by atoms with Gasteiger partial charge in [0.2, 0.25) is 0 Å². The van der Waals surface area contributed by atoms with E-state index in [0.29, 0.717) is 0 Å². The number of guanidine groups is 1. The van der Waals surface area contributed by atoms with Crippen LogP contribution in [-0.2, 0) is 4.74 Å². The number of ether oxygens (including phenoxy) is 1. The summed E-state index contributed by atoms with van der Waals surface area (Å²) in [6, 6.07) is 0. The van der Waals surface area contributed by atoms with Crippen LogP contribution in [0.5, 0.6) is 0 Å². The predicted molar refractivity (Wildman–Crippen MR) is 110 cm³/mol. The van der Waals surface area contributed by atoms with Crippen molar-refractivity contribution in [2.24, 2.45) is 10.9 Å². The molecule has 1 unspecified atom stereocenters. The van der Waals surface area contributed by atoms with Gasteiger partial charge in [0.25, 0.3) is 0 Å². The minimum atomic E-state index is 0. The van der Waals surface area contributed by atoms with Crippen LogP contribution in [0.15, 0.2) is 4.99 Å². The first-order valence-electron chi connectivity index (χ1n) is 9.00. The second-order valence-electron chi connectivity index (χ2n) is 6.29. The molecule has 1 aliphatic heterocycles. The third kappa shape index (κ3) is 12.0. The molecular formula is C17H37IN4O. The van der Waals surface area contributed by atoms with Gasteiger partial charge in [0.1, 0.15) is 0 Å². The van der Waals surface area contributed by atoms with Crippen LogP contribution in [0.25, 0.3) is 0 Å². The number of piperidine rings is 1. The number of hydrogen-bond donors (Lipinski definition) is 2. The first-order chi connectivity index (χ1) is 10.8. The Bertz CT molecular complexity index is 302. The topological polar surface area (TPSA) is 48.9 Å². The third-order valence-corrected chi connectivity index (χ3v) is 4.09. The van der Waals surface area contributed by atoms with Crippen molar-refractivity contribution >= 4 is 29.9 Å². The summed E-state index contributed by atoms with van der Waals surface area (Å²) in [4.78, 5) is 6.82. The Morgan fingerprint density at radius 1 is 1.22 bits per heavy atom. The van der Waals surface area contributed by atoms with Crippen LogP contribution < -0.4 is 10.6 Å². The van der Waals surface area contributed by atoms with Crippen LogP contribution in [-0.4, -0.2) is 63.8 Å². The molecule has 0 radical (unpaired) electrons. The molecule has 1 fully saturated rings. The van der Waals surface area contributed by atoms with Gasteiger partial charge < -0.3 is 20.3 Å². The monoisotopic (exact) mass is 440 g/mol. The maximum absolute atomic E-state index is 5.55. The van der Waals surface area contributed by atoms with E-state index in [-0.39, 0.29) is 24.0 Å². The third-order valence-electron chi connectivity index (χ3n) is 4.09. The molecule has 1 atom stereocenters. The lowest BCUT2D eigenvalue weighted by molar-refractivity contribution is 0.129. The van der Waals surface area contributed by atoms with Gasteiger partial charge in [-0.3, -0.25) is 4.99 Å². The second-order valence-corrected chi connectivity index (χ2v) is 6.29. The standard InChI is InChI=1S/C17H36N4O.HI/c1-4-5-13-22-14-7-9-19-17(18-3)20-10-12-21-11-6-8-16(2)15-21;/h16H,4-15H2,1-3H3,(H2,18,19,20);1H. The van der Waals surface area contributed by atoms with Gasteiger partial charge in [-0.1, -0.05) is 20.3 Å². The predicted octanol–water partition coefficient (Wildman–Crippen LogP) is 2.71. The van der Waals surface area contributed by atoms with Crippen molar-refractivity contribution in [2.75, 3.05) is 53.0 Å². The van der Waals surface area contributed by atoms with Crippen molar-refractivity contribution in [3.63, 3.8) is 0 Å². The van der Waals surface area contributed by atoms with Gasteiger partial charge in [-0.25, -0.2) is 0 Å². The number of nitrogens with one attached hydrogen (secondary N) is 2. The van der Waals surface area contributed by atoms with E-state index in [1.165, 1.54) is 32.4 Å². The summed E-state index contributed by atoms with van der Waals surface area (Å²) in [7, 11) is 1.83. The number of hydrogen-bond acceptors (Lipinski definition) is 3. The number of nitrogens with zero attached hydrogens (tertiary/aromatic N) is 2. The fraction of sp³-hybridized carbons (Fsp3) is 0.941. The molecule has 1 aliphatic rings. The van der Waals surface area contributed by atoms with Gasteiger partial charge in [0.15, 0.2) is 5.96 Å². The molecule has 0 aromatic rings. The fourth-order valence-electron chi connectivity index (χ4n) is 2.77. The summed E-state index contributed by atoms with van der Waals surface area (Å²) in [5, 5.41) is 6.75. The van der Waals surface area contributed by atoms with Crippen LogP contribution in [0.3, 0.4) is 0 Å². The lowest BCUT2D eigenvalue weighted by Crippen LogP contribution is -2.44. The van der Waals surface area contributed by atoms with Crippen molar-refractivity contribution < 1.29 is 4.74 Å². The summed E-state index contributed by atoms with van der Waals surface area (Å²) in [5.41, 5.74) is 0. The number of unbranched alkanes of at least 4 members (excludes halogenated alkanes) is 1. The average molecular weight is 440 g/mol. The molecule has 1 heterocycles. The molecule has 1 rings (SSSR count). The van der Waals surface area contributed by atoms with E-state index in [1.54, 1.807) is 0 Å². The Labute approximate surface area is 160 Å². The molecule has 0 amide bonds. The Hall–Kier alpha value is -0.0800. The first kappa shape index (κ1) is 22.9. The molecular weight excluding hydrogens is 403 g/mol. The summed E-state index contributed by atoms with van der Waals surface area (Å²) in [6.45, 7) is 11.7. The molecule has 1 saturated heterocycles. The van der Waals surface area contributed by atoms with Gasteiger partial charge in [-0.05, 0) is 38.1 Å². The zero-order chi connectivity index (χ0) is 16.0. The van der Waals surface area contributed by atoms with Crippen molar-refractivity contribution in [1.82, 2.24) is 15.5 Å². The molecule has 5 nitrogen and oxygen atoms in total. The summed E-state index contributed by atoms with van der Waals surface area (Å²) in [5.74, 6) is 1.75. The zero-order valence-corrected chi connectivity index (χ0v) is 17.6. The van der Waals surface area contributed by atoms with Crippen molar-refractivity contribution in [3.05, 3.63) is 0 Å². The van der Waals surface area contributed by atoms with Crippen molar-refractivity contribution in [2.45, 2.75) is 46.0 Å². The fourth-order valence-corrected chi connectivity index (χ4v) is 2.77. The number of likely N-dealkylation sites (tertiary alicyclic amines) is 1. The molecule has 0 bridgehead atoms. The lowest BCUT2D eigenvalue weighted by Gasteiger charge is -2.30. The van der Waals surface area contributed by atoms with Crippen LogP contribution in [0.1, 0.15) is 46.0 Å². The zero-order valence-electron chi connectivity index (χ0n) is 15.3. The van der Waals surface area contributed by atoms with Crippen LogP contribution >= 0.6 is 24.0 Å². The Morgan fingerprint density at radius 2 is 1.96 bits per heavy atom. The molecule has 138 valence electrons. The normalized spacial score (nSPS) is 19.3. The number of halogens is 1. The molecule has 2 N–H and O–H groups in total. The molecule has 0 spiro atoms. The Balaban J connectivity index is 0.00000484. The van der Waals surface area contributed by atoms with E-state index in [2.05, 4.69) is 34.4 Å². The van der Waals surface area contributed by atoms with Gasteiger partial charge in [0, 0.05) is 46.4 Å². The van der Waals surface area contributed by atoms with Crippen LogP contribution in [0, 0.1) is 5.92 Å². The highest BCUT2D eigenvalue weighted by Gasteiger charge is 2.15. The van der Waals surface area contributed by atoms with Gasteiger partial charge in [-0.2, -0.15) is 0 Å². The smallest absolute Gasteiger partial charge is 0.191 e. The first-order valence-corrected chi connectivity index (χ1v) is 9.00. The highest BCUT2D eigenvalue weighted by Crippen LogP contribution is 2.14. The average Bonchev–Trinajstić information content (AvgIpc) is 2.52. The molecule has 6 heteroatoms. The second kappa shape index (κ2) is 15.4. The Morgan fingerprint density at radius 3 is 2.65 bits per heavy atom. The maximum Gasteiger partial charge on any atom is 0.191 e. The van der Waals surface area contributed by atoms with E-state index >= 15 is 0 Å². The van der Waals surface area contributed by atoms with Gasteiger partial charge in [0.05, 0.1) is 0 Å². The lowest BCUT2D eigenvalue weighted by atomic mass is 10.0. The molecule has 0 aromatic carbocycles. The highest BCUT2D eigenvalue weighted by atomic mass is 127. The van der Waals surface area contributed by atoms with Crippen LogP contribution in [0.4, 0.5) is 0 Å².